The molecule has 1 nitrogen and oxygen atoms in total. The molecule has 0 saturated heterocycles. The van der Waals surface area contributed by atoms with Gasteiger partial charge >= 0.3 is 6.18 Å². The van der Waals surface area contributed by atoms with Crippen LogP contribution in [-0.2, 0) is 6.18 Å². The second-order valence-electron chi connectivity index (χ2n) is 4.06. The lowest BCUT2D eigenvalue weighted by Crippen LogP contribution is -2.17. The molecule has 100 valence electrons. The van der Waals surface area contributed by atoms with E-state index >= 15 is 0 Å². The summed E-state index contributed by atoms with van der Waals surface area (Å²) >= 11 is 3.05. The number of unbranched alkanes of at least 4 members (excludes halogenated alkanes) is 1. The van der Waals surface area contributed by atoms with E-state index in [1.807, 2.05) is 0 Å². The summed E-state index contributed by atoms with van der Waals surface area (Å²) in [4.78, 5) is 0. The van der Waals surface area contributed by atoms with Crippen molar-refractivity contribution in [3.8, 4) is 0 Å². The van der Waals surface area contributed by atoms with Crippen molar-refractivity contribution in [3.63, 3.8) is 0 Å². The normalized spacial score (nSPS) is 13.4. The van der Waals surface area contributed by atoms with Gasteiger partial charge in [0.25, 0.3) is 0 Å². The Balaban J connectivity index is 2.97. The fourth-order valence-corrected chi connectivity index (χ4v) is 2.10. The van der Waals surface area contributed by atoms with Crippen LogP contribution in [0.15, 0.2) is 35.3 Å². The second kappa shape index (κ2) is 6.38. The molecule has 0 aliphatic heterocycles. The molecule has 0 aromatic heterocycles. The van der Waals surface area contributed by atoms with Crippen LogP contribution in [0.3, 0.4) is 0 Å². The second-order valence-corrected chi connectivity index (χ2v) is 4.97. The van der Waals surface area contributed by atoms with Gasteiger partial charge in [0, 0.05) is 10.5 Å². The molecular weight excluding hydrogens is 307 g/mol. The number of hydrogen-bond acceptors (Lipinski definition) is 1. The minimum Gasteiger partial charge on any atom is -0.324 e. The molecule has 2 N–H and O–H groups in total. The smallest absolute Gasteiger partial charge is 0.324 e. The molecule has 5 heteroatoms. The van der Waals surface area contributed by atoms with Crippen molar-refractivity contribution in [2.24, 2.45) is 5.73 Å². The van der Waals surface area contributed by atoms with Crippen LogP contribution in [-0.4, -0.2) is 0 Å². The zero-order valence-electron chi connectivity index (χ0n) is 9.80. The predicted molar refractivity (Wildman–Crippen MR) is 70.1 cm³/mol. The molecule has 0 amide bonds. The summed E-state index contributed by atoms with van der Waals surface area (Å²) in [5.41, 5.74) is 5.32. The molecule has 0 radical (unpaired) electrons. The Kier molecular flexibility index (Phi) is 5.41. The highest BCUT2D eigenvalue weighted by Gasteiger charge is 2.34. The van der Waals surface area contributed by atoms with Gasteiger partial charge in [-0.15, -0.1) is 6.58 Å². The number of nitrogens with two attached hydrogens (primary N) is 1. The third-order valence-corrected chi connectivity index (χ3v) is 3.14. The van der Waals surface area contributed by atoms with Gasteiger partial charge in [0.15, 0.2) is 0 Å². The van der Waals surface area contributed by atoms with Crippen LogP contribution in [0, 0.1) is 0 Å². The summed E-state index contributed by atoms with van der Waals surface area (Å²) in [5, 5.41) is 0. The van der Waals surface area contributed by atoms with E-state index in [4.69, 9.17) is 5.73 Å². The third kappa shape index (κ3) is 4.14. The zero-order chi connectivity index (χ0) is 13.8. The van der Waals surface area contributed by atoms with Gasteiger partial charge in [-0.2, -0.15) is 13.2 Å². The number of hydrogen-bond donors (Lipinski definition) is 1. The van der Waals surface area contributed by atoms with Crippen molar-refractivity contribution in [3.05, 3.63) is 46.5 Å². The van der Waals surface area contributed by atoms with Crippen LogP contribution in [0.25, 0.3) is 0 Å². The first kappa shape index (κ1) is 15.2. The molecule has 0 bridgehead atoms. The molecule has 1 unspecified atom stereocenters. The van der Waals surface area contributed by atoms with E-state index in [0.717, 1.165) is 18.9 Å². The minimum atomic E-state index is -4.38. The van der Waals surface area contributed by atoms with Crippen molar-refractivity contribution in [2.45, 2.75) is 31.5 Å². The number of alkyl halides is 3. The molecular formula is C13H15BrF3N. The van der Waals surface area contributed by atoms with Gasteiger partial charge in [-0.05, 0) is 37.0 Å². The standard InChI is InChI=1S/C13H15BrF3N/c1-2-3-4-5-12(18)10-7-6-9(14)8-11(10)13(15,16)17/h2,6-8,12H,1,3-5,18H2. The summed E-state index contributed by atoms with van der Waals surface area (Å²) in [7, 11) is 0. The molecule has 0 heterocycles. The Morgan fingerprint density at radius 3 is 2.61 bits per heavy atom. The molecule has 0 saturated carbocycles. The Hall–Kier alpha value is -0.810. The number of rotatable bonds is 5. The molecule has 0 aliphatic carbocycles. The van der Waals surface area contributed by atoms with E-state index in [0.29, 0.717) is 10.9 Å². The molecule has 0 aliphatic rings. The average Bonchev–Trinajstić information content (AvgIpc) is 2.28. The Morgan fingerprint density at radius 1 is 1.39 bits per heavy atom. The maximum atomic E-state index is 12.9. The summed E-state index contributed by atoms with van der Waals surface area (Å²) in [6, 6.07) is 3.49. The quantitative estimate of drug-likeness (QED) is 0.610. The number of benzene rings is 1. The van der Waals surface area contributed by atoms with Crippen molar-refractivity contribution < 1.29 is 13.2 Å². The third-order valence-electron chi connectivity index (χ3n) is 2.64. The van der Waals surface area contributed by atoms with Gasteiger partial charge in [-0.3, -0.25) is 0 Å². The van der Waals surface area contributed by atoms with Gasteiger partial charge in [0.1, 0.15) is 0 Å². The van der Waals surface area contributed by atoms with E-state index in [-0.39, 0.29) is 5.56 Å². The average molecular weight is 322 g/mol. The minimum absolute atomic E-state index is 0.148. The van der Waals surface area contributed by atoms with Crippen LogP contribution in [0.5, 0.6) is 0 Å². The van der Waals surface area contributed by atoms with Crippen LogP contribution < -0.4 is 5.73 Å². The van der Waals surface area contributed by atoms with Crippen molar-refractivity contribution in [2.75, 3.05) is 0 Å². The SMILES string of the molecule is C=CCCCC(N)c1ccc(Br)cc1C(F)(F)F. The van der Waals surface area contributed by atoms with Gasteiger partial charge in [-0.25, -0.2) is 0 Å². The molecule has 1 atom stereocenters. The van der Waals surface area contributed by atoms with Crippen LogP contribution in [0.1, 0.15) is 36.4 Å². The highest BCUT2D eigenvalue weighted by atomic mass is 79.9. The maximum absolute atomic E-state index is 12.9. The first-order valence-electron chi connectivity index (χ1n) is 5.59. The highest BCUT2D eigenvalue weighted by molar-refractivity contribution is 9.10. The van der Waals surface area contributed by atoms with Crippen molar-refractivity contribution in [1.82, 2.24) is 0 Å². The highest BCUT2D eigenvalue weighted by Crippen LogP contribution is 2.36. The molecule has 1 rings (SSSR count). The predicted octanol–water partition coefficient (Wildman–Crippen LogP) is 4.82. The summed E-state index contributed by atoms with van der Waals surface area (Å²) in [6.07, 6.45) is -0.644. The topological polar surface area (TPSA) is 26.0 Å². The molecule has 0 fully saturated rings. The largest absolute Gasteiger partial charge is 0.416 e. The lowest BCUT2D eigenvalue weighted by Gasteiger charge is -2.18. The molecule has 18 heavy (non-hydrogen) atoms. The van der Waals surface area contributed by atoms with E-state index in [9.17, 15) is 13.2 Å². The van der Waals surface area contributed by atoms with Gasteiger partial charge in [0.2, 0.25) is 0 Å². The van der Waals surface area contributed by atoms with Gasteiger partial charge in [0.05, 0.1) is 5.56 Å². The summed E-state index contributed by atoms with van der Waals surface area (Å²) in [5.74, 6) is 0. The fraction of sp³-hybridized carbons (Fsp3) is 0.385. The monoisotopic (exact) mass is 321 g/mol. The van der Waals surface area contributed by atoms with Crippen molar-refractivity contribution >= 4 is 15.9 Å². The van der Waals surface area contributed by atoms with Crippen LogP contribution in [0.2, 0.25) is 0 Å². The Labute approximate surface area is 113 Å². The van der Waals surface area contributed by atoms with E-state index < -0.39 is 17.8 Å². The maximum Gasteiger partial charge on any atom is 0.416 e. The Morgan fingerprint density at radius 2 is 2.06 bits per heavy atom. The van der Waals surface area contributed by atoms with Gasteiger partial charge < -0.3 is 5.73 Å². The zero-order valence-corrected chi connectivity index (χ0v) is 11.4. The first-order chi connectivity index (χ1) is 8.36. The van der Waals surface area contributed by atoms with Crippen molar-refractivity contribution in [1.29, 1.82) is 0 Å². The fourth-order valence-electron chi connectivity index (χ4n) is 1.73. The van der Waals surface area contributed by atoms with Gasteiger partial charge in [-0.1, -0.05) is 28.1 Å². The van der Waals surface area contributed by atoms with E-state index in [2.05, 4.69) is 22.5 Å². The van der Waals surface area contributed by atoms with Crippen LogP contribution in [0.4, 0.5) is 13.2 Å². The first-order valence-corrected chi connectivity index (χ1v) is 6.38. The molecule has 1 aromatic carbocycles. The lowest BCUT2D eigenvalue weighted by atomic mass is 9.96. The van der Waals surface area contributed by atoms with E-state index in [1.54, 1.807) is 12.1 Å². The number of halogens is 4. The Bertz CT molecular complexity index is 415. The number of allylic oxidation sites excluding steroid dienone is 1. The van der Waals surface area contributed by atoms with E-state index in [1.165, 1.54) is 6.07 Å². The lowest BCUT2D eigenvalue weighted by molar-refractivity contribution is -0.138. The van der Waals surface area contributed by atoms with Crippen LogP contribution >= 0.6 is 15.9 Å². The summed E-state index contributed by atoms with van der Waals surface area (Å²) in [6.45, 7) is 3.57. The molecule has 0 spiro atoms. The molecule has 1 aromatic rings. The summed E-state index contributed by atoms with van der Waals surface area (Å²) < 4.78 is 39.1.